The van der Waals surface area contributed by atoms with E-state index < -0.39 is 5.97 Å². The van der Waals surface area contributed by atoms with Crippen LogP contribution in [-0.4, -0.2) is 23.2 Å². The molecule has 0 aliphatic carbocycles. The minimum Gasteiger partial charge on any atom is -0.497 e. The van der Waals surface area contributed by atoms with Gasteiger partial charge in [-0.15, -0.1) is 0 Å². The topological polar surface area (TPSA) is 59.4 Å². The average molecular weight is 293 g/mol. The van der Waals surface area contributed by atoms with Crippen molar-refractivity contribution >= 4 is 16.9 Å². The Hall–Kier alpha value is -2.88. The third-order valence-corrected chi connectivity index (χ3v) is 3.67. The Labute approximate surface area is 128 Å². The van der Waals surface area contributed by atoms with Gasteiger partial charge in [-0.1, -0.05) is 30.3 Å². The number of para-hydroxylation sites is 1. The Morgan fingerprint density at radius 2 is 1.77 bits per heavy atom. The monoisotopic (exact) mass is 293 g/mol. The van der Waals surface area contributed by atoms with Crippen molar-refractivity contribution in [2.75, 3.05) is 7.11 Å². The van der Waals surface area contributed by atoms with E-state index >= 15 is 0 Å². The van der Waals surface area contributed by atoms with E-state index in [9.17, 15) is 9.90 Å². The summed E-state index contributed by atoms with van der Waals surface area (Å²) in [7, 11) is 1.60. The van der Waals surface area contributed by atoms with Gasteiger partial charge in [0.2, 0.25) is 0 Å². The van der Waals surface area contributed by atoms with Crippen molar-refractivity contribution < 1.29 is 14.6 Å². The number of aryl methyl sites for hydroxylation is 1. The second kappa shape index (κ2) is 5.48. The number of rotatable bonds is 3. The summed E-state index contributed by atoms with van der Waals surface area (Å²) in [5.41, 5.74) is 3.13. The van der Waals surface area contributed by atoms with Crippen LogP contribution in [-0.2, 0) is 0 Å². The quantitative estimate of drug-likeness (QED) is 0.795. The zero-order chi connectivity index (χ0) is 15.7. The molecule has 0 bridgehead atoms. The van der Waals surface area contributed by atoms with Crippen molar-refractivity contribution in [3.8, 4) is 16.9 Å². The van der Waals surface area contributed by atoms with E-state index in [0.29, 0.717) is 22.2 Å². The number of benzene rings is 2. The van der Waals surface area contributed by atoms with Crippen molar-refractivity contribution in [2.24, 2.45) is 0 Å². The molecule has 0 aliphatic rings. The van der Waals surface area contributed by atoms with Crippen molar-refractivity contribution in [1.82, 2.24) is 4.98 Å². The van der Waals surface area contributed by atoms with Gasteiger partial charge in [-0.25, -0.2) is 4.79 Å². The molecule has 1 heterocycles. The molecule has 0 amide bonds. The number of carboxylic acid groups (broad SMARTS) is 1. The highest BCUT2D eigenvalue weighted by Gasteiger charge is 2.19. The van der Waals surface area contributed by atoms with E-state index in [4.69, 9.17) is 4.74 Å². The molecule has 0 aliphatic heterocycles. The first kappa shape index (κ1) is 14.1. The Balaban J connectivity index is 2.34. The zero-order valence-electron chi connectivity index (χ0n) is 12.3. The molecule has 22 heavy (non-hydrogen) atoms. The van der Waals surface area contributed by atoms with Crippen LogP contribution in [0.4, 0.5) is 0 Å². The van der Waals surface area contributed by atoms with Gasteiger partial charge in [-0.2, -0.15) is 0 Å². The van der Waals surface area contributed by atoms with Gasteiger partial charge in [0.25, 0.3) is 0 Å². The smallest absolute Gasteiger partial charge is 0.337 e. The average Bonchev–Trinajstić information content (AvgIpc) is 2.53. The van der Waals surface area contributed by atoms with Crippen LogP contribution < -0.4 is 4.74 Å². The summed E-state index contributed by atoms with van der Waals surface area (Å²) in [6.07, 6.45) is 0. The number of methoxy groups -OCH3 is 1. The van der Waals surface area contributed by atoms with Crippen LogP contribution in [0.15, 0.2) is 48.5 Å². The molecular weight excluding hydrogens is 278 g/mol. The molecule has 2 aromatic carbocycles. The van der Waals surface area contributed by atoms with E-state index in [-0.39, 0.29) is 5.56 Å². The first-order chi connectivity index (χ1) is 10.6. The second-order valence-electron chi connectivity index (χ2n) is 5.00. The summed E-state index contributed by atoms with van der Waals surface area (Å²) in [6.45, 7) is 1.83. The molecule has 4 heteroatoms. The first-order valence-electron chi connectivity index (χ1n) is 6.89. The molecule has 0 fully saturated rings. The van der Waals surface area contributed by atoms with Crippen LogP contribution in [0.3, 0.4) is 0 Å². The molecule has 1 N–H and O–H groups in total. The van der Waals surface area contributed by atoms with Gasteiger partial charge in [0, 0.05) is 16.6 Å². The highest BCUT2D eigenvalue weighted by Crippen LogP contribution is 2.32. The molecule has 3 aromatic rings. The van der Waals surface area contributed by atoms with Crippen molar-refractivity contribution in [2.45, 2.75) is 6.92 Å². The van der Waals surface area contributed by atoms with Crippen LogP contribution in [0.5, 0.6) is 5.75 Å². The van der Waals surface area contributed by atoms with Crippen LogP contribution in [0, 0.1) is 6.92 Å². The number of carboxylic acids is 1. The van der Waals surface area contributed by atoms with E-state index in [1.807, 2.05) is 49.4 Å². The summed E-state index contributed by atoms with van der Waals surface area (Å²) in [4.78, 5) is 16.4. The maximum Gasteiger partial charge on any atom is 0.337 e. The SMILES string of the molecule is COc1ccc(-c2c(C)nc3ccccc3c2C(=O)O)cc1. The lowest BCUT2D eigenvalue weighted by Gasteiger charge is -2.13. The molecule has 3 rings (SSSR count). The maximum atomic E-state index is 11.8. The largest absolute Gasteiger partial charge is 0.497 e. The third kappa shape index (κ3) is 2.29. The Morgan fingerprint density at radius 3 is 2.41 bits per heavy atom. The summed E-state index contributed by atoms with van der Waals surface area (Å²) >= 11 is 0. The number of ether oxygens (including phenoxy) is 1. The number of aromatic carboxylic acids is 1. The Kier molecular flexibility index (Phi) is 3.51. The van der Waals surface area contributed by atoms with Crippen molar-refractivity contribution in [3.05, 3.63) is 59.8 Å². The van der Waals surface area contributed by atoms with Crippen LogP contribution in [0.2, 0.25) is 0 Å². The number of carbonyl (C=O) groups is 1. The minimum atomic E-state index is -0.951. The van der Waals surface area contributed by atoms with Crippen LogP contribution in [0.25, 0.3) is 22.0 Å². The highest BCUT2D eigenvalue weighted by molar-refractivity contribution is 6.08. The molecule has 1 aromatic heterocycles. The van der Waals surface area contributed by atoms with Crippen molar-refractivity contribution in [3.63, 3.8) is 0 Å². The van der Waals surface area contributed by atoms with Crippen molar-refractivity contribution in [1.29, 1.82) is 0 Å². The first-order valence-corrected chi connectivity index (χ1v) is 6.89. The molecular formula is C18H15NO3. The third-order valence-electron chi connectivity index (χ3n) is 3.67. The van der Waals surface area contributed by atoms with E-state index in [0.717, 1.165) is 11.3 Å². The number of pyridine rings is 1. The van der Waals surface area contributed by atoms with Gasteiger partial charge in [0.1, 0.15) is 5.75 Å². The lowest BCUT2D eigenvalue weighted by atomic mass is 9.95. The highest BCUT2D eigenvalue weighted by atomic mass is 16.5. The number of fused-ring (bicyclic) bond motifs is 1. The van der Waals surface area contributed by atoms with E-state index in [1.54, 1.807) is 13.2 Å². The Morgan fingerprint density at radius 1 is 1.09 bits per heavy atom. The number of hydrogen-bond acceptors (Lipinski definition) is 3. The molecule has 0 radical (unpaired) electrons. The fourth-order valence-corrected chi connectivity index (χ4v) is 2.67. The lowest BCUT2D eigenvalue weighted by molar-refractivity contribution is 0.0699. The predicted molar refractivity (Wildman–Crippen MR) is 85.4 cm³/mol. The number of aromatic nitrogens is 1. The molecule has 110 valence electrons. The number of nitrogens with zero attached hydrogens (tertiary/aromatic N) is 1. The summed E-state index contributed by atoms with van der Waals surface area (Å²) in [6, 6.07) is 14.6. The van der Waals surface area contributed by atoms with E-state index in [2.05, 4.69) is 4.98 Å². The number of hydrogen-bond donors (Lipinski definition) is 1. The molecule has 0 atom stereocenters. The standard InChI is InChI=1S/C18H15NO3/c1-11-16(12-7-9-13(22-2)10-8-12)17(18(20)21)14-5-3-4-6-15(14)19-11/h3-10H,1-2H3,(H,20,21). The molecule has 0 spiro atoms. The van der Waals surface area contributed by atoms with Gasteiger partial charge in [-0.3, -0.25) is 4.98 Å². The molecule has 4 nitrogen and oxygen atoms in total. The van der Waals surface area contributed by atoms with Gasteiger partial charge < -0.3 is 9.84 Å². The summed E-state index contributed by atoms with van der Waals surface area (Å²) in [5.74, 6) is -0.223. The second-order valence-corrected chi connectivity index (χ2v) is 5.00. The van der Waals surface area contributed by atoms with Crippen LogP contribution in [0.1, 0.15) is 16.1 Å². The summed E-state index contributed by atoms with van der Waals surface area (Å²) in [5, 5.41) is 10.3. The normalized spacial score (nSPS) is 10.6. The Bertz CT molecular complexity index is 854. The zero-order valence-corrected chi connectivity index (χ0v) is 12.3. The molecule has 0 saturated carbocycles. The van der Waals surface area contributed by atoms with Gasteiger partial charge in [0.05, 0.1) is 18.2 Å². The van der Waals surface area contributed by atoms with Gasteiger partial charge >= 0.3 is 5.97 Å². The van der Waals surface area contributed by atoms with E-state index in [1.165, 1.54) is 0 Å². The fraction of sp³-hybridized carbons (Fsp3) is 0.111. The molecule has 0 unspecified atom stereocenters. The lowest BCUT2D eigenvalue weighted by Crippen LogP contribution is -2.05. The fourth-order valence-electron chi connectivity index (χ4n) is 2.67. The van der Waals surface area contributed by atoms with Crippen LogP contribution >= 0.6 is 0 Å². The maximum absolute atomic E-state index is 11.8. The summed E-state index contributed by atoms with van der Waals surface area (Å²) < 4.78 is 5.15. The molecule has 0 saturated heterocycles. The predicted octanol–water partition coefficient (Wildman–Crippen LogP) is 3.92. The minimum absolute atomic E-state index is 0.285. The van der Waals surface area contributed by atoms with Gasteiger partial charge in [-0.05, 0) is 30.7 Å². The van der Waals surface area contributed by atoms with Gasteiger partial charge in [0.15, 0.2) is 0 Å².